The largest absolute Gasteiger partial charge is 0.346 e. The number of aromatic nitrogens is 2. The molecule has 1 aromatic rings. The molecule has 1 aromatic heterocycles. The van der Waals surface area contributed by atoms with Crippen molar-refractivity contribution in [1.82, 2.24) is 9.36 Å². The maximum Gasteiger partial charge on any atom is 0.205 e. The van der Waals surface area contributed by atoms with E-state index in [0.29, 0.717) is 0 Å². The Bertz CT molecular complexity index is 395. The second-order valence-electron chi connectivity index (χ2n) is 6.51. The van der Waals surface area contributed by atoms with Crippen molar-refractivity contribution < 1.29 is 0 Å². The van der Waals surface area contributed by atoms with Gasteiger partial charge in [-0.3, -0.25) is 0 Å². The van der Waals surface area contributed by atoms with Gasteiger partial charge in [0.2, 0.25) is 5.13 Å². The number of nitrogens with zero attached hydrogens (tertiary/aromatic N) is 3. The lowest BCUT2D eigenvalue weighted by Crippen LogP contribution is -2.21. The molecule has 2 aliphatic rings. The van der Waals surface area contributed by atoms with E-state index in [0.717, 1.165) is 22.8 Å². The summed E-state index contributed by atoms with van der Waals surface area (Å²) >= 11 is 1.58. The lowest BCUT2D eigenvalue weighted by atomic mass is 9.96. The Labute approximate surface area is 107 Å². The quantitative estimate of drug-likeness (QED) is 0.768. The van der Waals surface area contributed by atoms with Crippen LogP contribution in [0.3, 0.4) is 0 Å². The van der Waals surface area contributed by atoms with Crippen LogP contribution in [-0.2, 0) is 5.41 Å². The molecule has 1 saturated carbocycles. The van der Waals surface area contributed by atoms with Gasteiger partial charge in [-0.2, -0.15) is 4.37 Å². The zero-order chi connectivity index (χ0) is 12.0. The van der Waals surface area contributed by atoms with Crippen molar-refractivity contribution in [1.29, 1.82) is 0 Å². The highest BCUT2D eigenvalue weighted by molar-refractivity contribution is 7.09. The van der Waals surface area contributed by atoms with E-state index in [4.69, 9.17) is 4.98 Å². The second-order valence-corrected chi connectivity index (χ2v) is 7.24. The Morgan fingerprint density at radius 3 is 2.35 bits per heavy atom. The summed E-state index contributed by atoms with van der Waals surface area (Å²) in [7, 11) is 0. The van der Waals surface area contributed by atoms with Crippen molar-refractivity contribution in [2.45, 2.75) is 45.4 Å². The van der Waals surface area contributed by atoms with E-state index in [1.54, 1.807) is 11.5 Å². The molecule has 0 spiro atoms. The average molecular weight is 251 g/mol. The second kappa shape index (κ2) is 3.94. The van der Waals surface area contributed by atoms with E-state index in [1.165, 1.54) is 32.4 Å². The SMILES string of the molecule is CC(C)(C)c1nsc(N2CC3CCCC3C2)n1. The fourth-order valence-electron chi connectivity index (χ4n) is 3.04. The molecule has 17 heavy (non-hydrogen) atoms. The Morgan fingerprint density at radius 2 is 1.82 bits per heavy atom. The van der Waals surface area contributed by atoms with Gasteiger partial charge in [-0.1, -0.05) is 27.2 Å². The van der Waals surface area contributed by atoms with Crippen molar-refractivity contribution >= 4 is 16.7 Å². The van der Waals surface area contributed by atoms with Crippen molar-refractivity contribution in [2.75, 3.05) is 18.0 Å². The molecule has 2 unspecified atom stereocenters. The summed E-state index contributed by atoms with van der Waals surface area (Å²) in [5, 5.41) is 1.14. The minimum atomic E-state index is 0.0738. The molecule has 2 heterocycles. The molecular weight excluding hydrogens is 230 g/mol. The molecule has 0 N–H and O–H groups in total. The first kappa shape index (κ1) is 11.5. The van der Waals surface area contributed by atoms with E-state index in [-0.39, 0.29) is 5.41 Å². The van der Waals surface area contributed by atoms with Gasteiger partial charge in [-0.25, -0.2) is 4.98 Å². The lowest BCUT2D eigenvalue weighted by Gasteiger charge is -2.16. The highest BCUT2D eigenvalue weighted by Gasteiger charge is 2.37. The van der Waals surface area contributed by atoms with E-state index in [1.807, 2.05) is 0 Å². The zero-order valence-corrected chi connectivity index (χ0v) is 11.8. The van der Waals surface area contributed by atoms with Gasteiger partial charge in [0, 0.05) is 30.0 Å². The van der Waals surface area contributed by atoms with Gasteiger partial charge >= 0.3 is 0 Å². The minimum Gasteiger partial charge on any atom is -0.346 e. The Morgan fingerprint density at radius 1 is 1.18 bits per heavy atom. The van der Waals surface area contributed by atoms with Crippen LogP contribution in [0.5, 0.6) is 0 Å². The van der Waals surface area contributed by atoms with Crippen LogP contribution < -0.4 is 4.90 Å². The van der Waals surface area contributed by atoms with Crippen LogP contribution in [-0.4, -0.2) is 22.4 Å². The molecule has 3 nitrogen and oxygen atoms in total. The number of hydrogen-bond donors (Lipinski definition) is 0. The fourth-order valence-corrected chi connectivity index (χ4v) is 3.91. The molecule has 0 bridgehead atoms. The highest BCUT2D eigenvalue weighted by Crippen LogP contribution is 2.40. The molecule has 1 saturated heterocycles. The molecule has 1 aliphatic heterocycles. The third-order valence-electron chi connectivity index (χ3n) is 4.08. The van der Waals surface area contributed by atoms with Crippen molar-refractivity contribution in [3.05, 3.63) is 5.82 Å². The van der Waals surface area contributed by atoms with Crippen molar-refractivity contribution in [2.24, 2.45) is 11.8 Å². The molecule has 1 aliphatic carbocycles. The highest BCUT2D eigenvalue weighted by atomic mass is 32.1. The van der Waals surface area contributed by atoms with E-state index < -0.39 is 0 Å². The summed E-state index contributed by atoms with van der Waals surface area (Å²) in [6.45, 7) is 8.96. The first-order valence-electron chi connectivity index (χ1n) is 6.63. The third-order valence-corrected chi connectivity index (χ3v) is 4.86. The molecule has 2 atom stereocenters. The Kier molecular flexibility index (Phi) is 2.65. The van der Waals surface area contributed by atoms with Crippen LogP contribution in [0.25, 0.3) is 0 Å². The fraction of sp³-hybridized carbons (Fsp3) is 0.846. The first-order chi connectivity index (χ1) is 8.04. The summed E-state index contributed by atoms with van der Waals surface area (Å²) in [5.41, 5.74) is 0.0738. The van der Waals surface area contributed by atoms with E-state index >= 15 is 0 Å². The predicted molar refractivity (Wildman–Crippen MR) is 71.7 cm³/mol. The lowest BCUT2D eigenvalue weighted by molar-refractivity contribution is 0.494. The topological polar surface area (TPSA) is 29.0 Å². The minimum absolute atomic E-state index is 0.0738. The predicted octanol–water partition coefficient (Wildman–Crippen LogP) is 3.07. The van der Waals surface area contributed by atoms with Gasteiger partial charge in [0.1, 0.15) is 5.82 Å². The van der Waals surface area contributed by atoms with Crippen LogP contribution in [0, 0.1) is 11.8 Å². The molecule has 94 valence electrons. The van der Waals surface area contributed by atoms with Crippen LogP contribution in [0.1, 0.15) is 45.9 Å². The summed E-state index contributed by atoms with van der Waals surface area (Å²) in [6.07, 6.45) is 4.28. The smallest absolute Gasteiger partial charge is 0.205 e. The Hall–Kier alpha value is -0.640. The van der Waals surface area contributed by atoms with Crippen LogP contribution >= 0.6 is 11.5 Å². The van der Waals surface area contributed by atoms with Gasteiger partial charge in [0.05, 0.1) is 0 Å². The maximum absolute atomic E-state index is 4.72. The molecule has 2 fully saturated rings. The Balaban J connectivity index is 1.75. The normalized spacial score (nSPS) is 28.8. The van der Waals surface area contributed by atoms with Gasteiger partial charge in [-0.15, -0.1) is 0 Å². The number of anilines is 1. The van der Waals surface area contributed by atoms with E-state index in [9.17, 15) is 0 Å². The zero-order valence-electron chi connectivity index (χ0n) is 10.9. The first-order valence-corrected chi connectivity index (χ1v) is 7.40. The van der Waals surface area contributed by atoms with Gasteiger partial charge in [0.15, 0.2) is 0 Å². The van der Waals surface area contributed by atoms with Gasteiger partial charge < -0.3 is 4.90 Å². The standard InChI is InChI=1S/C13H21N3S/c1-13(2,3)11-14-12(17-15-11)16-7-9-5-4-6-10(9)8-16/h9-10H,4-8H2,1-3H3. The molecule has 4 heteroatoms. The number of fused-ring (bicyclic) bond motifs is 1. The van der Waals surface area contributed by atoms with Crippen molar-refractivity contribution in [3.63, 3.8) is 0 Å². The molecular formula is C13H21N3S. The van der Waals surface area contributed by atoms with Crippen LogP contribution in [0.4, 0.5) is 5.13 Å². The van der Waals surface area contributed by atoms with Gasteiger partial charge in [-0.05, 0) is 24.7 Å². The monoisotopic (exact) mass is 251 g/mol. The van der Waals surface area contributed by atoms with Crippen LogP contribution in [0.2, 0.25) is 0 Å². The summed E-state index contributed by atoms with van der Waals surface area (Å²) in [5.74, 6) is 2.85. The van der Waals surface area contributed by atoms with Crippen LogP contribution in [0.15, 0.2) is 0 Å². The summed E-state index contributed by atoms with van der Waals surface area (Å²) < 4.78 is 4.51. The van der Waals surface area contributed by atoms with Gasteiger partial charge in [0.25, 0.3) is 0 Å². The summed E-state index contributed by atoms with van der Waals surface area (Å²) in [6, 6.07) is 0. The van der Waals surface area contributed by atoms with Crippen molar-refractivity contribution in [3.8, 4) is 0 Å². The average Bonchev–Trinajstić information content (AvgIpc) is 2.90. The molecule has 0 radical (unpaired) electrons. The number of rotatable bonds is 1. The molecule has 3 rings (SSSR count). The number of hydrogen-bond acceptors (Lipinski definition) is 4. The summed E-state index contributed by atoms with van der Waals surface area (Å²) in [4.78, 5) is 7.18. The molecule has 0 amide bonds. The third kappa shape index (κ3) is 2.07. The van der Waals surface area contributed by atoms with E-state index in [2.05, 4.69) is 30.0 Å². The maximum atomic E-state index is 4.72. The molecule has 0 aromatic carbocycles.